The van der Waals surface area contributed by atoms with Crippen LogP contribution in [0.2, 0.25) is 0 Å². The van der Waals surface area contributed by atoms with Gasteiger partial charge in [-0.1, -0.05) is 13.8 Å². The fourth-order valence-electron chi connectivity index (χ4n) is 1.94. The van der Waals surface area contributed by atoms with Crippen molar-refractivity contribution in [2.45, 2.75) is 32.7 Å². The molecule has 1 heterocycles. The van der Waals surface area contributed by atoms with Gasteiger partial charge in [-0.2, -0.15) is 0 Å². The molecule has 1 rings (SSSR count). The van der Waals surface area contributed by atoms with Crippen molar-refractivity contribution < 1.29 is 19.4 Å². The molecule has 0 aromatic rings. The molecule has 2 N–H and O–H groups in total. The van der Waals surface area contributed by atoms with Crippen LogP contribution < -0.4 is 5.32 Å². The third-order valence-electron chi connectivity index (χ3n) is 2.69. The van der Waals surface area contributed by atoms with E-state index in [1.165, 1.54) is 4.90 Å². The van der Waals surface area contributed by atoms with Crippen molar-refractivity contribution >= 4 is 12.0 Å². The summed E-state index contributed by atoms with van der Waals surface area (Å²) in [4.78, 5) is 24.1. The molecular weight excluding hydrogens is 236 g/mol. The number of ether oxygens (including phenoxy) is 1. The lowest BCUT2D eigenvalue weighted by molar-refractivity contribution is -0.137. The number of carboxylic acid groups (broad SMARTS) is 1. The fraction of sp³-hybridized carbons (Fsp3) is 0.833. The van der Waals surface area contributed by atoms with Crippen molar-refractivity contribution in [2.75, 3.05) is 26.3 Å². The Morgan fingerprint density at radius 2 is 2.22 bits per heavy atom. The van der Waals surface area contributed by atoms with E-state index in [9.17, 15) is 9.59 Å². The molecule has 0 radical (unpaired) electrons. The van der Waals surface area contributed by atoms with Crippen molar-refractivity contribution in [3.63, 3.8) is 0 Å². The van der Waals surface area contributed by atoms with Crippen LogP contribution in [0.4, 0.5) is 4.79 Å². The Hall–Kier alpha value is -1.30. The van der Waals surface area contributed by atoms with Gasteiger partial charge < -0.3 is 20.1 Å². The van der Waals surface area contributed by atoms with E-state index in [0.717, 1.165) is 19.4 Å². The lowest BCUT2D eigenvalue weighted by Crippen LogP contribution is -2.50. The van der Waals surface area contributed by atoms with Crippen LogP contribution >= 0.6 is 0 Å². The minimum absolute atomic E-state index is 0.00490. The van der Waals surface area contributed by atoms with E-state index in [0.29, 0.717) is 13.2 Å². The molecule has 0 aliphatic carbocycles. The standard InChI is InChI=1S/C12H22N2O4/c1-9(2)6-14(7-11(15)16)12(17)13-10-4-3-5-18-8-10/h9-10H,3-8H2,1-2H3,(H,13,17)(H,15,16). The average Bonchev–Trinajstić information content (AvgIpc) is 2.28. The predicted molar refractivity (Wildman–Crippen MR) is 66.4 cm³/mol. The summed E-state index contributed by atoms with van der Waals surface area (Å²) in [5.74, 6) is -0.761. The van der Waals surface area contributed by atoms with Crippen molar-refractivity contribution in [1.29, 1.82) is 0 Å². The Morgan fingerprint density at radius 3 is 2.72 bits per heavy atom. The lowest BCUT2D eigenvalue weighted by Gasteiger charge is -2.28. The molecule has 0 saturated carbocycles. The average molecular weight is 258 g/mol. The molecule has 1 aliphatic rings. The number of nitrogens with one attached hydrogen (secondary N) is 1. The number of carboxylic acids is 1. The molecular formula is C12H22N2O4. The summed E-state index contributed by atoms with van der Waals surface area (Å²) in [6.07, 6.45) is 1.81. The summed E-state index contributed by atoms with van der Waals surface area (Å²) in [6.45, 7) is 5.31. The summed E-state index contributed by atoms with van der Waals surface area (Å²) in [5.41, 5.74) is 0. The zero-order chi connectivity index (χ0) is 13.5. The molecule has 0 bridgehead atoms. The van der Waals surface area contributed by atoms with Gasteiger partial charge in [0.25, 0.3) is 0 Å². The van der Waals surface area contributed by atoms with Crippen LogP contribution in [0.3, 0.4) is 0 Å². The van der Waals surface area contributed by atoms with Crippen molar-refractivity contribution in [2.24, 2.45) is 5.92 Å². The third-order valence-corrected chi connectivity index (χ3v) is 2.69. The van der Waals surface area contributed by atoms with Gasteiger partial charge in [0.15, 0.2) is 0 Å². The lowest BCUT2D eigenvalue weighted by atomic mass is 10.1. The van der Waals surface area contributed by atoms with Crippen molar-refractivity contribution in [1.82, 2.24) is 10.2 Å². The van der Waals surface area contributed by atoms with E-state index in [4.69, 9.17) is 9.84 Å². The van der Waals surface area contributed by atoms with Crippen LogP contribution in [-0.4, -0.2) is 54.4 Å². The van der Waals surface area contributed by atoms with E-state index < -0.39 is 5.97 Å². The largest absolute Gasteiger partial charge is 0.480 e. The normalized spacial score (nSPS) is 19.6. The van der Waals surface area contributed by atoms with Crippen LogP contribution in [-0.2, 0) is 9.53 Å². The summed E-state index contributed by atoms with van der Waals surface area (Å²) < 4.78 is 5.28. The highest BCUT2D eigenvalue weighted by Gasteiger charge is 2.22. The van der Waals surface area contributed by atoms with E-state index >= 15 is 0 Å². The molecule has 0 spiro atoms. The highest BCUT2D eigenvalue weighted by atomic mass is 16.5. The molecule has 6 heteroatoms. The molecule has 104 valence electrons. The Bertz CT molecular complexity index is 288. The van der Waals surface area contributed by atoms with E-state index in [2.05, 4.69) is 5.32 Å². The molecule has 1 aliphatic heterocycles. The van der Waals surface area contributed by atoms with Crippen molar-refractivity contribution in [3.05, 3.63) is 0 Å². The maximum Gasteiger partial charge on any atom is 0.323 e. The summed E-state index contributed by atoms with van der Waals surface area (Å²) >= 11 is 0. The maximum atomic E-state index is 12.0. The van der Waals surface area contributed by atoms with Crippen LogP contribution in [0.15, 0.2) is 0 Å². The van der Waals surface area contributed by atoms with Crippen molar-refractivity contribution in [3.8, 4) is 0 Å². The summed E-state index contributed by atoms with van der Waals surface area (Å²) in [7, 11) is 0. The van der Waals surface area contributed by atoms with Crippen LogP contribution in [0.25, 0.3) is 0 Å². The van der Waals surface area contributed by atoms with Gasteiger partial charge in [-0.15, -0.1) is 0 Å². The number of hydrogen-bond donors (Lipinski definition) is 2. The minimum Gasteiger partial charge on any atom is -0.480 e. The van der Waals surface area contributed by atoms with Gasteiger partial charge in [0.1, 0.15) is 6.54 Å². The summed E-state index contributed by atoms with van der Waals surface area (Å²) in [5, 5.41) is 11.6. The number of hydrogen-bond acceptors (Lipinski definition) is 3. The first-order valence-corrected chi connectivity index (χ1v) is 6.34. The van der Waals surface area contributed by atoms with Gasteiger partial charge in [-0.3, -0.25) is 4.79 Å². The molecule has 0 aromatic carbocycles. The Morgan fingerprint density at radius 1 is 1.50 bits per heavy atom. The maximum absolute atomic E-state index is 12.0. The topological polar surface area (TPSA) is 78.9 Å². The minimum atomic E-state index is -0.995. The number of urea groups is 1. The molecule has 1 fully saturated rings. The van der Waals surface area contributed by atoms with Crippen LogP contribution in [0.1, 0.15) is 26.7 Å². The number of rotatable bonds is 5. The number of amides is 2. The molecule has 1 atom stereocenters. The fourth-order valence-corrected chi connectivity index (χ4v) is 1.94. The quantitative estimate of drug-likeness (QED) is 0.768. The van der Waals surface area contributed by atoms with Gasteiger partial charge in [0.05, 0.1) is 12.6 Å². The zero-order valence-electron chi connectivity index (χ0n) is 11.0. The second kappa shape index (κ2) is 7.20. The van der Waals surface area contributed by atoms with Gasteiger partial charge >= 0.3 is 12.0 Å². The monoisotopic (exact) mass is 258 g/mol. The second-order valence-corrected chi connectivity index (χ2v) is 5.03. The zero-order valence-corrected chi connectivity index (χ0v) is 11.0. The number of carbonyl (C=O) groups excluding carboxylic acids is 1. The highest BCUT2D eigenvalue weighted by molar-refractivity contribution is 5.80. The molecule has 2 amide bonds. The first kappa shape index (κ1) is 14.8. The molecule has 18 heavy (non-hydrogen) atoms. The molecule has 1 unspecified atom stereocenters. The number of aliphatic carboxylic acids is 1. The van der Waals surface area contributed by atoms with Gasteiger partial charge in [-0.25, -0.2) is 4.79 Å². The van der Waals surface area contributed by atoms with Gasteiger partial charge in [0.2, 0.25) is 0 Å². The van der Waals surface area contributed by atoms with E-state index in [1.54, 1.807) is 0 Å². The Kier molecular flexibility index (Phi) is 5.91. The van der Waals surface area contributed by atoms with Gasteiger partial charge in [0, 0.05) is 13.2 Å². The predicted octanol–water partition coefficient (Wildman–Crippen LogP) is 0.918. The third kappa shape index (κ3) is 5.35. The van der Waals surface area contributed by atoms with Crippen LogP contribution in [0.5, 0.6) is 0 Å². The first-order chi connectivity index (χ1) is 8.49. The molecule has 1 saturated heterocycles. The Labute approximate surface area is 107 Å². The number of carbonyl (C=O) groups is 2. The van der Waals surface area contributed by atoms with Crippen LogP contribution in [0, 0.1) is 5.92 Å². The second-order valence-electron chi connectivity index (χ2n) is 5.03. The Balaban J connectivity index is 2.48. The van der Waals surface area contributed by atoms with E-state index in [-0.39, 0.29) is 24.5 Å². The summed E-state index contributed by atoms with van der Waals surface area (Å²) in [6, 6.07) is -0.323. The molecule has 0 aromatic heterocycles. The SMILES string of the molecule is CC(C)CN(CC(=O)O)C(=O)NC1CCCOC1. The first-order valence-electron chi connectivity index (χ1n) is 6.34. The molecule has 6 nitrogen and oxygen atoms in total. The van der Waals surface area contributed by atoms with Gasteiger partial charge in [-0.05, 0) is 18.8 Å². The number of nitrogens with zero attached hydrogens (tertiary/aromatic N) is 1. The highest BCUT2D eigenvalue weighted by Crippen LogP contribution is 2.07. The van der Waals surface area contributed by atoms with E-state index in [1.807, 2.05) is 13.8 Å². The smallest absolute Gasteiger partial charge is 0.323 e.